The molecule has 2 N–H and O–H groups in total. The molecule has 0 saturated carbocycles. The number of nitrogens with one attached hydrogen (secondary N) is 2. The number of rotatable bonds is 7. The molecule has 5 nitrogen and oxygen atoms in total. The lowest BCUT2D eigenvalue weighted by atomic mass is 10.4. The molecule has 0 unspecified atom stereocenters. The Balaban J connectivity index is 2.62. The van der Waals surface area contributed by atoms with Gasteiger partial charge in [0.2, 0.25) is 5.95 Å². The second kappa shape index (κ2) is 8.09. The van der Waals surface area contributed by atoms with E-state index in [4.69, 9.17) is 4.74 Å². The highest BCUT2D eigenvalue weighted by atomic mass is 32.2. The van der Waals surface area contributed by atoms with Crippen molar-refractivity contribution in [2.24, 2.45) is 0 Å². The first-order valence-corrected chi connectivity index (χ1v) is 7.74. The Kier molecular flexibility index (Phi) is 6.77. The largest absolute Gasteiger partial charge is 0.447 e. The number of hydrogen-bond donors (Lipinski definition) is 2. The van der Waals surface area contributed by atoms with Gasteiger partial charge in [-0.15, -0.1) is 11.8 Å². The standard InChI is InChI=1S/C13H23N3O2S/c1-5-7-8-19-11-10(6-2)14-12(15-11)16-13(17)18-9(3)4/h9H,5-8H2,1-4H3,(H2,14,15,16,17). The van der Waals surface area contributed by atoms with Crippen molar-refractivity contribution >= 4 is 23.8 Å². The Morgan fingerprint density at radius 1 is 1.47 bits per heavy atom. The molecule has 1 amide bonds. The van der Waals surface area contributed by atoms with Crippen molar-refractivity contribution in [2.45, 2.75) is 58.1 Å². The average Bonchev–Trinajstić information content (AvgIpc) is 2.70. The van der Waals surface area contributed by atoms with Crippen molar-refractivity contribution in [1.29, 1.82) is 0 Å². The number of carbonyl (C=O) groups is 1. The summed E-state index contributed by atoms with van der Waals surface area (Å²) in [7, 11) is 0. The van der Waals surface area contributed by atoms with Crippen molar-refractivity contribution in [3.63, 3.8) is 0 Å². The molecule has 1 aromatic heterocycles. The third-order valence-corrected chi connectivity index (χ3v) is 3.50. The maximum Gasteiger partial charge on any atom is 0.414 e. The van der Waals surface area contributed by atoms with Crippen LogP contribution in [-0.4, -0.2) is 27.9 Å². The predicted octanol–water partition coefficient (Wildman–Crippen LogP) is 3.82. The summed E-state index contributed by atoms with van der Waals surface area (Å²) < 4.78 is 5.02. The van der Waals surface area contributed by atoms with Crippen molar-refractivity contribution in [2.75, 3.05) is 11.1 Å². The molecule has 6 heteroatoms. The number of aromatic amines is 1. The van der Waals surface area contributed by atoms with E-state index < -0.39 is 6.09 Å². The van der Waals surface area contributed by atoms with Gasteiger partial charge in [0, 0.05) is 0 Å². The van der Waals surface area contributed by atoms with Gasteiger partial charge in [0.25, 0.3) is 0 Å². The number of imidazole rings is 1. The first kappa shape index (κ1) is 15.9. The fraction of sp³-hybridized carbons (Fsp3) is 0.692. The number of amides is 1. The van der Waals surface area contributed by atoms with E-state index >= 15 is 0 Å². The zero-order valence-corrected chi connectivity index (χ0v) is 12.9. The van der Waals surface area contributed by atoms with Crippen LogP contribution in [0, 0.1) is 0 Å². The highest BCUT2D eigenvalue weighted by molar-refractivity contribution is 7.99. The second-order valence-electron chi connectivity index (χ2n) is 4.50. The molecule has 1 heterocycles. The first-order chi connectivity index (χ1) is 9.06. The van der Waals surface area contributed by atoms with Gasteiger partial charge < -0.3 is 9.72 Å². The Labute approximate surface area is 118 Å². The third-order valence-electron chi connectivity index (χ3n) is 2.38. The maximum atomic E-state index is 11.5. The van der Waals surface area contributed by atoms with Gasteiger partial charge in [-0.2, -0.15) is 0 Å². The van der Waals surface area contributed by atoms with E-state index in [-0.39, 0.29) is 6.10 Å². The smallest absolute Gasteiger partial charge is 0.414 e. The Hall–Kier alpha value is -1.17. The number of aryl methyl sites for hydroxylation is 1. The van der Waals surface area contributed by atoms with E-state index in [1.54, 1.807) is 11.8 Å². The minimum absolute atomic E-state index is 0.140. The summed E-state index contributed by atoms with van der Waals surface area (Å²) in [5, 5.41) is 3.66. The minimum Gasteiger partial charge on any atom is -0.447 e. The van der Waals surface area contributed by atoms with Gasteiger partial charge in [-0.3, -0.25) is 5.32 Å². The van der Waals surface area contributed by atoms with Gasteiger partial charge in [-0.05, 0) is 32.4 Å². The quantitative estimate of drug-likeness (QED) is 0.590. The van der Waals surface area contributed by atoms with Crippen LogP contribution in [0.25, 0.3) is 0 Å². The minimum atomic E-state index is -0.475. The second-order valence-corrected chi connectivity index (χ2v) is 5.60. The summed E-state index contributed by atoms with van der Waals surface area (Å²) in [6.45, 7) is 7.84. The monoisotopic (exact) mass is 285 g/mol. The number of aromatic nitrogens is 2. The van der Waals surface area contributed by atoms with E-state index in [0.717, 1.165) is 22.9 Å². The Bertz CT molecular complexity index is 405. The third kappa shape index (κ3) is 5.55. The van der Waals surface area contributed by atoms with Gasteiger partial charge in [0.1, 0.15) is 0 Å². The number of nitrogens with zero attached hydrogens (tertiary/aromatic N) is 1. The van der Waals surface area contributed by atoms with Crippen molar-refractivity contribution < 1.29 is 9.53 Å². The van der Waals surface area contributed by atoms with Crippen molar-refractivity contribution in [3.8, 4) is 0 Å². The lowest BCUT2D eigenvalue weighted by Crippen LogP contribution is -2.18. The molecule has 108 valence electrons. The van der Waals surface area contributed by atoms with Crippen LogP contribution in [0.3, 0.4) is 0 Å². The summed E-state index contributed by atoms with van der Waals surface area (Å²) in [5.74, 6) is 1.52. The summed E-state index contributed by atoms with van der Waals surface area (Å²) in [4.78, 5) is 19.0. The molecule has 0 fully saturated rings. The van der Waals surface area contributed by atoms with Crippen LogP contribution < -0.4 is 5.32 Å². The van der Waals surface area contributed by atoms with E-state index in [1.165, 1.54) is 12.8 Å². The Morgan fingerprint density at radius 3 is 2.79 bits per heavy atom. The van der Waals surface area contributed by atoms with E-state index in [1.807, 2.05) is 13.8 Å². The van der Waals surface area contributed by atoms with Gasteiger partial charge in [-0.25, -0.2) is 9.78 Å². The maximum absolute atomic E-state index is 11.5. The van der Waals surface area contributed by atoms with Gasteiger partial charge in [0.05, 0.1) is 16.8 Å². The van der Waals surface area contributed by atoms with Crippen molar-refractivity contribution in [3.05, 3.63) is 5.69 Å². The number of ether oxygens (including phenoxy) is 1. The first-order valence-electron chi connectivity index (χ1n) is 6.76. The van der Waals surface area contributed by atoms with Crippen LogP contribution >= 0.6 is 11.8 Å². The highest BCUT2D eigenvalue weighted by Crippen LogP contribution is 2.23. The summed E-state index contributed by atoms with van der Waals surface area (Å²) in [6, 6.07) is 0. The summed E-state index contributed by atoms with van der Waals surface area (Å²) in [5.41, 5.74) is 0.987. The van der Waals surface area contributed by atoms with E-state index in [2.05, 4.69) is 29.1 Å². The molecule has 0 aromatic carbocycles. The zero-order valence-electron chi connectivity index (χ0n) is 12.1. The molecule has 1 rings (SSSR count). The van der Waals surface area contributed by atoms with Crippen LogP contribution in [0.15, 0.2) is 5.03 Å². The number of carbonyl (C=O) groups excluding carboxylic acids is 1. The Morgan fingerprint density at radius 2 is 2.21 bits per heavy atom. The van der Waals surface area contributed by atoms with Crippen LogP contribution in [-0.2, 0) is 11.2 Å². The van der Waals surface area contributed by atoms with Gasteiger partial charge >= 0.3 is 6.09 Å². The molecule has 0 aliphatic rings. The molecule has 0 atom stereocenters. The molecular formula is C13H23N3O2S. The molecule has 19 heavy (non-hydrogen) atoms. The molecule has 1 aromatic rings. The zero-order chi connectivity index (χ0) is 14.3. The SMILES string of the molecule is CCCCSc1[nH]c(NC(=O)OC(C)C)nc1CC. The summed E-state index contributed by atoms with van der Waals surface area (Å²) >= 11 is 1.75. The molecule has 0 saturated heterocycles. The fourth-order valence-electron chi connectivity index (χ4n) is 1.47. The highest BCUT2D eigenvalue weighted by Gasteiger charge is 2.12. The van der Waals surface area contributed by atoms with Gasteiger partial charge in [-0.1, -0.05) is 20.3 Å². The fourth-order valence-corrected chi connectivity index (χ4v) is 2.63. The normalized spacial score (nSPS) is 10.8. The number of thioether (sulfide) groups is 1. The number of unbranched alkanes of at least 4 members (excludes halogenated alkanes) is 1. The van der Waals surface area contributed by atoms with Crippen molar-refractivity contribution in [1.82, 2.24) is 9.97 Å². The van der Waals surface area contributed by atoms with E-state index in [0.29, 0.717) is 5.95 Å². The van der Waals surface area contributed by atoms with Crippen LogP contribution in [0.4, 0.5) is 10.7 Å². The number of anilines is 1. The van der Waals surface area contributed by atoms with Crippen LogP contribution in [0.1, 0.15) is 46.2 Å². The number of H-pyrrole nitrogens is 1. The van der Waals surface area contributed by atoms with Crippen LogP contribution in [0.2, 0.25) is 0 Å². The summed E-state index contributed by atoms with van der Waals surface area (Å²) in [6.07, 6.45) is 2.57. The van der Waals surface area contributed by atoms with Crippen LogP contribution in [0.5, 0.6) is 0 Å². The molecule has 0 aliphatic carbocycles. The average molecular weight is 285 g/mol. The molecule has 0 radical (unpaired) electrons. The molecule has 0 spiro atoms. The lowest BCUT2D eigenvalue weighted by molar-refractivity contribution is 0.129. The lowest BCUT2D eigenvalue weighted by Gasteiger charge is -2.07. The molecular weight excluding hydrogens is 262 g/mol. The topological polar surface area (TPSA) is 67.0 Å². The predicted molar refractivity (Wildman–Crippen MR) is 78.8 cm³/mol. The molecule has 0 aliphatic heterocycles. The van der Waals surface area contributed by atoms with Gasteiger partial charge in [0.15, 0.2) is 0 Å². The van der Waals surface area contributed by atoms with E-state index in [9.17, 15) is 4.79 Å². The number of hydrogen-bond acceptors (Lipinski definition) is 4. The molecule has 0 bridgehead atoms.